The number of benzene rings is 1. The van der Waals surface area contributed by atoms with Crippen LogP contribution >= 0.6 is 15.9 Å². The predicted octanol–water partition coefficient (Wildman–Crippen LogP) is 4.26. The Kier molecular flexibility index (Phi) is 2.26. The fourth-order valence-corrected chi connectivity index (χ4v) is 1.89. The van der Waals surface area contributed by atoms with Gasteiger partial charge >= 0.3 is 0 Å². The van der Waals surface area contributed by atoms with Crippen LogP contribution in [0.3, 0.4) is 0 Å². The van der Waals surface area contributed by atoms with Crippen molar-refractivity contribution in [2.45, 2.75) is 0 Å². The summed E-state index contributed by atoms with van der Waals surface area (Å²) in [5.41, 5.74) is 2.77. The zero-order valence-corrected chi connectivity index (χ0v) is 9.94. The van der Waals surface area contributed by atoms with Crippen molar-refractivity contribution in [3.05, 3.63) is 53.1 Å². The first kappa shape index (κ1) is 9.60. The second-order valence-corrected chi connectivity index (χ2v) is 4.42. The summed E-state index contributed by atoms with van der Waals surface area (Å²) in [7, 11) is 0. The number of fused-ring (bicyclic) bond motifs is 1. The summed E-state index contributed by atoms with van der Waals surface area (Å²) in [4.78, 5) is 4.24. The van der Waals surface area contributed by atoms with Crippen LogP contribution in [0.4, 0.5) is 0 Å². The molecule has 2 aromatic heterocycles. The molecule has 3 rings (SSSR count). The normalized spacial score (nSPS) is 10.8. The summed E-state index contributed by atoms with van der Waals surface area (Å²) in [6, 6.07) is 13.8. The number of rotatable bonds is 1. The van der Waals surface area contributed by atoms with Crippen LogP contribution < -0.4 is 0 Å². The molecule has 1 aromatic carbocycles. The summed E-state index contributed by atoms with van der Waals surface area (Å²) < 4.78 is 6.78. The number of hydrogen-bond donors (Lipinski definition) is 0. The lowest BCUT2D eigenvalue weighted by Gasteiger charge is -1.95. The zero-order chi connectivity index (χ0) is 11.0. The van der Waals surface area contributed by atoms with Crippen molar-refractivity contribution < 1.29 is 4.42 Å². The molecule has 0 atom stereocenters. The molecule has 0 fully saturated rings. The van der Waals surface area contributed by atoms with E-state index in [4.69, 9.17) is 4.42 Å². The molecule has 0 aliphatic rings. The van der Waals surface area contributed by atoms with Crippen molar-refractivity contribution >= 4 is 27.0 Å². The van der Waals surface area contributed by atoms with Gasteiger partial charge in [0, 0.05) is 22.3 Å². The summed E-state index contributed by atoms with van der Waals surface area (Å²) in [5.74, 6) is 0.848. The first-order chi connectivity index (χ1) is 7.83. The predicted molar refractivity (Wildman–Crippen MR) is 67.1 cm³/mol. The van der Waals surface area contributed by atoms with E-state index in [0.29, 0.717) is 0 Å². The average Bonchev–Trinajstić information content (AvgIpc) is 2.73. The van der Waals surface area contributed by atoms with Gasteiger partial charge in [0.05, 0.1) is 0 Å². The molecular weight excluding hydrogens is 266 g/mol. The van der Waals surface area contributed by atoms with Gasteiger partial charge in [0.25, 0.3) is 0 Å². The van der Waals surface area contributed by atoms with Crippen LogP contribution in [0, 0.1) is 0 Å². The first-order valence-electron chi connectivity index (χ1n) is 4.93. The Morgan fingerprint density at radius 1 is 1.06 bits per heavy atom. The lowest BCUT2D eigenvalue weighted by molar-refractivity contribution is 0.631. The Bertz CT molecular complexity index is 595. The summed E-state index contributed by atoms with van der Waals surface area (Å²) in [5, 5.41) is 0. The Labute approximate surface area is 101 Å². The van der Waals surface area contributed by atoms with Crippen molar-refractivity contribution in [1.82, 2.24) is 4.98 Å². The number of aromatic nitrogens is 1. The van der Waals surface area contributed by atoms with E-state index < -0.39 is 0 Å². The highest BCUT2D eigenvalue weighted by atomic mass is 79.9. The Morgan fingerprint density at radius 3 is 2.62 bits per heavy atom. The van der Waals surface area contributed by atoms with E-state index in [1.54, 1.807) is 6.20 Å². The van der Waals surface area contributed by atoms with E-state index in [1.807, 2.05) is 42.5 Å². The molecule has 0 amide bonds. The lowest BCUT2D eigenvalue weighted by atomic mass is 10.2. The number of halogens is 1. The average molecular weight is 274 g/mol. The molecule has 3 aromatic rings. The molecule has 0 radical (unpaired) electrons. The third-order valence-electron chi connectivity index (χ3n) is 2.42. The van der Waals surface area contributed by atoms with Crippen LogP contribution in [0.2, 0.25) is 0 Å². The highest BCUT2D eigenvalue weighted by Crippen LogP contribution is 2.27. The van der Waals surface area contributed by atoms with Crippen LogP contribution in [-0.2, 0) is 0 Å². The monoisotopic (exact) mass is 273 g/mol. The molecule has 0 aliphatic heterocycles. The van der Waals surface area contributed by atoms with Crippen LogP contribution in [0.25, 0.3) is 22.4 Å². The van der Waals surface area contributed by atoms with E-state index in [0.717, 1.165) is 26.9 Å². The maximum atomic E-state index is 5.72. The third-order valence-corrected chi connectivity index (χ3v) is 2.94. The molecule has 0 bridgehead atoms. The quantitative estimate of drug-likeness (QED) is 0.662. The number of furan rings is 1. The molecule has 0 N–H and O–H groups in total. The minimum absolute atomic E-state index is 0.820. The van der Waals surface area contributed by atoms with E-state index in [9.17, 15) is 0 Å². The van der Waals surface area contributed by atoms with Crippen LogP contribution in [0.1, 0.15) is 0 Å². The van der Waals surface area contributed by atoms with E-state index in [-0.39, 0.29) is 0 Å². The number of nitrogens with zero attached hydrogens (tertiary/aromatic N) is 1. The standard InChI is InChI=1S/C13H8BrNO/c14-10-5-3-9(4-6-10)13-8-11-12(16-13)2-1-7-15-11/h1-8H. The molecule has 0 aliphatic carbocycles. The van der Waals surface area contributed by atoms with Gasteiger partial charge < -0.3 is 4.42 Å². The summed E-state index contributed by atoms with van der Waals surface area (Å²) in [6.45, 7) is 0. The minimum Gasteiger partial charge on any atom is -0.454 e. The lowest BCUT2D eigenvalue weighted by Crippen LogP contribution is -1.71. The molecule has 0 saturated heterocycles. The topological polar surface area (TPSA) is 26.0 Å². The van der Waals surface area contributed by atoms with Gasteiger partial charge in [-0.15, -0.1) is 0 Å². The van der Waals surface area contributed by atoms with Gasteiger partial charge in [-0.05, 0) is 24.3 Å². The second kappa shape index (κ2) is 3.76. The van der Waals surface area contributed by atoms with Crippen molar-refractivity contribution in [2.75, 3.05) is 0 Å². The molecule has 2 nitrogen and oxygen atoms in total. The van der Waals surface area contributed by atoms with Gasteiger partial charge in [-0.2, -0.15) is 0 Å². The van der Waals surface area contributed by atoms with E-state index in [2.05, 4.69) is 20.9 Å². The largest absolute Gasteiger partial charge is 0.454 e. The maximum absolute atomic E-state index is 5.72. The van der Waals surface area contributed by atoms with E-state index >= 15 is 0 Å². The van der Waals surface area contributed by atoms with Gasteiger partial charge in [0.15, 0.2) is 5.58 Å². The molecule has 0 spiro atoms. The summed E-state index contributed by atoms with van der Waals surface area (Å²) >= 11 is 3.41. The molecule has 78 valence electrons. The number of pyridine rings is 1. The van der Waals surface area contributed by atoms with Gasteiger partial charge in [0.2, 0.25) is 0 Å². The highest BCUT2D eigenvalue weighted by molar-refractivity contribution is 9.10. The Balaban J connectivity index is 2.15. The Morgan fingerprint density at radius 2 is 1.88 bits per heavy atom. The molecule has 0 saturated carbocycles. The third kappa shape index (κ3) is 1.63. The molecule has 0 unspecified atom stereocenters. The Hall–Kier alpha value is -1.61. The fourth-order valence-electron chi connectivity index (χ4n) is 1.63. The van der Waals surface area contributed by atoms with Crippen molar-refractivity contribution in [3.63, 3.8) is 0 Å². The smallest absolute Gasteiger partial charge is 0.153 e. The SMILES string of the molecule is Brc1ccc(-c2cc3ncccc3o2)cc1. The molecule has 16 heavy (non-hydrogen) atoms. The molecule has 2 heterocycles. The number of hydrogen-bond acceptors (Lipinski definition) is 2. The fraction of sp³-hybridized carbons (Fsp3) is 0. The van der Waals surface area contributed by atoms with Gasteiger partial charge in [0.1, 0.15) is 11.3 Å². The highest BCUT2D eigenvalue weighted by Gasteiger charge is 2.05. The van der Waals surface area contributed by atoms with E-state index in [1.165, 1.54) is 0 Å². The first-order valence-corrected chi connectivity index (χ1v) is 5.73. The van der Waals surface area contributed by atoms with Crippen LogP contribution in [-0.4, -0.2) is 4.98 Å². The van der Waals surface area contributed by atoms with Crippen molar-refractivity contribution in [2.24, 2.45) is 0 Å². The minimum atomic E-state index is 0.820. The molecule has 3 heteroatoms. The van der Waals surface area contributed by atoms with Crippen molar-refractivity contribution in [3.8, 4) is 11.3 Å². The van der Waals surface area contributed by atoms with Gasteiger partial charge in [-0.1, -0.05) is 28.1 Å². The second-order valence-electron chi connectivity index (χ2n) is 3.50. The van der Waals surface area contributed by atoms with Crippen LogP contribution in [0.15, 0.2) is 57.6 Å². The molecular formula is C13H8BrNO. The van der Waals surface area contributed by atoms with Crippen LogP contribution in [0.5, 0.6) is 0 Å². The van der Waals surface area contributed by atoms with Gasteiger partial charge in [-0.3, -0.25) is 4.98 Å². The van der Waals surface area contributed by atoms with Gasteiger partial charge in [-0.25, -0.2) is 0 Å². The maximum Gasteiger partial charge on any atom is 0.153 e. The van der Waals surface area contributed by atoms with Crippen molar-refractivity contribution in [1.29, 1.82) is 0 Å². The summed E-state index contributed by atoms with van der Waals surface area (Å²) in [6.07, 6.45) is 1.77. The zero-order valence-electron chi connectivity index (χ0n) is 8.35.